The molecule has 0 fully saturated rings. The molecule has 2 aromatic rings. The molecule has 0 aromatic carbocycles. The van der Waals surface area contributed by atoms with Crippen molar-refractivity contribution in [2.24, 2.45) is 0 Å². The fraction of sp³-hybridized carbons (Fsp3) is 0.300. The van der Waals surface area contributed by atoms with E-state index in [9.17, 15) is 4.79 Å². The van der Waals surface area contributed by atoms with Crippen LogP contribution >= 0.6 is 0 Å². The summed E-state index contributed by atoms with van der Waals surface area (Å²) in [6, 6.07) is 0. The Labute approximate surface area is 97.8 Å². The van der Waals surface area contributed by atoms with Crippen LogP contribution in [0.15, 0.2) is 6.20 Å². The van der Waals surface area contributed by atoms with Gasteiger partial charge in [0.15, 0.2) is 0 Å². The van der Waals surface area contributed by atoms with E-state index in [0.29, 0.717) is 12.2 Å². The Bertz CT molecular complexity index is 521. The van der Waals surface area contributed by atoms with Gasteiger partial charge in [-0.3, -0.25) is 15.0 Å². The monoisotopic (exact) mass is 234 g/mol. The molecule has 0 saturated carbocycles. The van der Waals surface area contributed by atoms with E-state index >= 15 is 0 Å². The van der Waals surface area contributed by atoms with E-state index in [4.69, 9.17) is 5.73 Å². The van der Waals surface area contributed by atoms with Gasteiger partial charge in [-0.05, 0) is 13.8 Å². The lowest BCUT2D eigenvalue weighted by molar-refractivity contribution is 0.0946. The average molecular weight is 234 g/mol. The molecule has 2 aromatic heterocycles. The third-order valence-corrected chi connectivity index (χ3v) is 2.60. The Balaban J connectivity index is 2.05. The van der Waals surface area contributed by atoms with Crippen molar-refractivity contribution in [1.29, 1.82) is 0 Å². The molecule has 0 radical (unpaired) electrons. The van der Waals surface area contributed by atoms with E-state index in [1.54, 1.807) is 0 Å². The fourth-order valence-electron chi connectivity index (χ4n) is 1.57. The van der Waals surface area contributed by atoms with Gasteiger partial charge in [0.25, 0.3) is 5.91 Å². The van der Waals surface area contributed by atoms with Gasteiger partial charge in [-0.1, -0.05) is 0 Å². The number of nitrogens with zero attached hydrogens (tertiary/aromatic N) is 2. The molecule has 7 nitrogen and oxygen atoms in total. The van der Waals surface area contributed by atoms with Crippen LogP contribution in [0.5, 0.6) is 0 Å². The third-order valence-electron chi connectivity index (χ3n) is 2.60. The van der Waals surface area contributed by atoms with Crippen molar-refractivity contribution in [3.63, 3.8) is 0 Å². The number of nitrogens with one attached hydrogen (secondary N) is 3. The molecule has 0 unspecified atom stereocenters. The predicted molar refractivity (Wildman–Crippen MR) is 62.2 cm³/mol. The second-order valence-corrected chi connectivity index (χ2v) is 3.80. The van der Waals surface area contributed by atoms with Gasteiger partial charge in [-0.2, -0.15) is 10.2 Å². The highest BCUT2D eigenvalue weighted by molar-refractivity contribution is 5.96. The zero-order valence-corrected chi connectivity index (χ0v) is 9.66. The van der Waals surface area contributed by atoms with Gasteiger partial charge in [0, 0.05) is 17.8 Å². The fourth-order valence-corrected chi connectivity index (χ4v) is 1.57. The zero-order valence-electron chi connectivity index (χ0n) is 9.66. The second kappa shape index (κ2) is 4.28. The Morgan fingerprint density at radius 3 is 2.76 bits per heavy atom. The molecule has 0 spiro atoms. The lowest BCUT2D eigenvalue weighted by Crippen LogP contribution is -2.24. The number of carbonyl (C=O) groups excluding carboxylic acids is 1. The van der Waals surface area contributed by atoms with E-state index in [-0.39, 0.29) is 11.6 Å². The first-order valence-corrected chi connectivity index (χ1v) is 5.17. The maximum Gasteiger partial charge on any atom is 0.271 e. The van der Waals surface area contributed by atoms with E-state index in [1.165, 1.54) is 6.20 Å². The van der Waals surface area contributed by atoms with Crippen molar-refractivity contribution < 1.29 is 4.79 Å². The van der Waals surface area contributed by atoms with Crippen LogP contribution in [-0.4, -0.2) is 26.3 Å². The molecule has 5 N–H and O–H groups in total. The van der Waals surface area contributed by atoms with Gasteiger partial charge in [-0.25, -0.2) is 0 Å². The highest BCUT2D eigenvalue weighted by atomic mass is 16.1. The van der Waals surface area contributed by atoms with Crippen LogP contribution in [0.1, 0.15) is 27.4 Å². The molecular weight excluding hydrogens is 220 g/mol. The molecule has 0 aliphatic rings. The molecule has 0 saturated heterocycles. The van der Waals surface area contributed by atoms with Crippen molar-refractivity contribution in [2.75, 3.05) is 5.73 Å². The number of nitrogens with two attached hydrogens (primary N) is 1. The lowest BCUT2D eigenvalue weighted by atomic mass is 10.2. The smallest absolute Gasteiger partial charge is 0.271 e. The number of H-pyrrole nitrogens is 2. The number of rotatable bonds is 3. The number of aryl methyl sites for hydroxylation is 2. The number of anilines is 1. The first kappa shape index (κ1) is 11.2. The van der Waals surface area contributed by atoms with Crippen molar-refractivity contribution >= 4 is 11.6 Å². The van der Waals surface area contributed by atoms with E-state index in [1.807, 2.05) is 13.8 Å². The van der Waals surface area contributed by atoms with Crippen LogP contribution in [0.4, 0.5) is 5.69 Å². The molecule has 0 aliphatic carbocycles. The minimum Gasteiger partial charge on any atom is -0.396 e. The Hall–Kier alpha value is -2.31. The number of aromatic nitrogens is 4. The molecular formula is C10H14N6O. The van der Waals surface area contributed by atoms with Gasteiger partial charge < -0.3 is 11.1 Å². The Kier molecular flexibility index (Phi) is 2.82. The molecule has 17 heavy (non-hydrogen) atoms. The molecule has 0 aliphatic heterocycles. The summed E-state index contributed by atoms with van der Waals surface area (Å²) in [6.07, 6.45) is 1.41. The largest absolute Gasteiger partial charge is 0.396 e. The van der Waals surface area contributed by atoms with Crippen LogP contribution < -0.4 is 11.1 Å². The van der Waals surface area contributed by atoms with Gasteiger partial charge in [-0.15, -0.1) is 0 Å². The topological polar surface area (TPSA) is 112 Å². The molecule has 0 bridgehead atoms. The van der Waals surface area contributed by atoms with E-state index < -0.39 is 0 Å². The van der Waals surface area contributed by atoms with Crippen molar-refractivity contribution in [1.82, 2.24) is 25.7 Å². The summed E-state index contributed by atoms with van der Waals surface area (Å²) in [5, 5.41) is 15.9. The Morgan fingerprint density at radius 1 is 1.47 bits per heavy atom. The average Bonchev–Trinajstić information content (AvgIpc) is 2.84. The minimum atomic E-state index is -0.278. The van der Waals surface area contributed by atoms with E-state index in [2.05, 4.69) is 25.7 Å². The quantitative estimate of drug-likeness (QED) is 0.610. The maximum atomic E-state index is 11.8. The van der Waals surface area contributed by atoms with Crippen molar-refractivity contribution in [3.05, 3.63) is 28.8 Å². The van der Waals surface area contributed by atoms with Crippen molar-refractivity contribution in [3.8, 4) is 0 Å². The summed E-state index contributed by atoms with van der Waals surface area (Å²) < 4.78 is 0. The first-order valence-electron chi connectivity index (χ1n) is 5.17. The first-order chi connectivity index (χ1) is 8.09. The zero-order chi connectivity index (χ0) is 12.4. The summed E-state index contributed by atoms with van der Waals surface area (Å²) in [4.78, 5) is 11.8. The van der Waals surface area contributed by atoms with Crippen LogP contribution in [0, 0.1) is 13.8 Å². The predicted octanol–water partition coefficient (Wildman–Crippen LogP) is 0.262. The SMILES string of the molecule is Cc1n[nH]c(C)c1CNC(=O)c1[nH]ncc1N. The summed E-state index contributed by atoms with van der Waals surface area (Å²) in [5.41, 5.74) is 9.00. The maximum absolute atomic E-state index is 11.8. The highest BCUT2D eigenvalue weighted by Gasteiger charge is 2.13. The molecule has 90 valence electrons. The molecule has 0 atom stereocenters. The van der Waals surface area contributed by atoms with Gasteiger partial charge >= 0.3 is 0 Å². The Morgan fingerprint density at radius 2 is 2.24 bits per heavy atom. The number of aromatic amines is 2. The van der Waals surface area contributed by atoms with Crippen molar-refractivity contribution in [2.45, 2.75) is 20.4 Å². The van der Waals surface area contributed by atoms with Crippen LogP contribution in [0.25, 0.3) is 0 Å². The van der Waals surface area contributed by atoms with Gasteiger partial charge in [0.1, 0.15) is 5.69 Å². The molecule has 1 amide bonds. The lowest BCUT2D eigenvalue weighted by Gasteiger charge is -2.04. The number of hydrogen-bond acceptors (Lipinski definition) is 4. The van der Waals surface area contributed by atoms with Crippen LogP contribution in [-0.2, 0) is 6.54 Å². The van der Waals surface area contributed by atoms with Crippen LogP contribution in [0.2, 0.25) is 0 Å². The number of nitrogen functional groups attached to an aromatic ring is 1. The minimum absolute atomic E-state index is 0.278. The number of amides is 1. The van der Waals surface area contributed by atoms with Gasteiger partial charge in [0.05, 0.1) is 17.6 Å². The van der Waals surface area contributed by atoms with E-state index in [0.717, 1.165) is 17.0 Å². The summed E-state index contributed by atoms with van der Waals surface area (Å²) in [6.45, 7) is 4.20. The normalized spacial score (nSPS) is 10.5. The summed E-state index contributed by atoms with van der Waals surface area (Å²) >= 11 is 0. The van der Waals surface area contributed by atoms with Crippen LogP contribution in [0.3, 0.4) is 0 Å². The molecule has 2 heterocycles. The number of hydrogen-bond donors (Lipinski definition) is 4. The number of carbonyl (C=O) groups is 1. The van der Waals surface area contributed by atoms with Gasteiger partial charge in [0.2, 0.25) is 0 Å². The summed E-state index contributed by atoms with van der Waals surface area (Å²) in [7, 11) is 0. The summed E-state index contributed by atoms with van der Waals surface area (Å²) in [5.74, 6) is -0.278. The standard InChI is InChI=1S/C10H14N6O/c1-5-7(6(2)15-14-5)3-12-10(17)9-8(11)4-13-16-9/h4H,3,11H2,1-2H3,(H,12,17)(H,13,16)(H,14,15). The molecule has 2 rings (SSSR count). The highest BCUT2D eigenvalue weighted by Crippen LogP contribution is 2.10. The third kappa shape index (κ3) is 2.12. The molecule has 7 heteroatoms. The second-order valence-electron chi connectivity index (χ2n) is 3.80.